The molecule has 1 N–H and O–H groups in total. The lowest BCUT2D eigenvalue weighted by atomic mass is 10.0. The number of esters is 1. The lowest BCUT2D eigenvalue weighted by molar-refractivity contribution is -0.117. The highest BCUT2D eigenvalue weighted by molar-refractivity contribution is 7.15. The molecule has 0 unspecified atom stereocenters. The summed E-state index contributed by atoms with van der Waals surface area (Å²) in [6, 6.07) is 17.5. The van der Waals surface area contributed by atoms with E-state index in [2.05, 4.69) is 21.2 Å². The van der Waals surface area contributed by atoms with Crippen LogP contribution in [0, 0.1) is 0 Å². The van der Waals surface area contributed by atoms with Crippen molar-refractivity contribution in [3.63, 3.8) is 0 Å². The highest BCUT2D eigenvalue weighted by Gasteiger charge is 2.24. The summed E-state index contributed by atoms with van der Waals surface area (Å²) in [5, 5.41) is 6.08. The molecule has 0 aliphatic carbocycles. The monoisotopic (exact) mass is 483 g/mol. The molecule has 1 fully saturated rings. The van der Waals surface area contributed by atoms with Crippen molar-refractivity contribution in [2.45, 2.75) is 6.54 Å². The van der Waals surface area contributed by atoms with Gasteiger partial charge in [-0.1, -0.05) is 54.1 Å². The van der Waals surface area contributed by atoms with Crippen LogP contribution in [0.4, 0.5) is 5.00 Å². The second-order valence-electron chi connectivity index (χ2n) is 7.94. The third-order valence-electron chi connectivity index (χ3n) is 5.65. The van der Waals surface area contributed by atoms with Gasteiger partial charge in [0.1, 0.15) is 10.6 Å². The van der Waals surface area contributed by atoms with Crippen LogP contribution in [0.3, 0.4) is 0 Å². The summed E-state index contributed by atoms with van der Waals surface area (Å²) in [7, 11) is 1.35. The van der Waals surface area contributed by atoms with Gasteiger partial charge in [-0.05, 0) is 23.3 Å². The van der Waals surface area contributed by atoms with E-state index < -0.39 is 5.97 Å². The van der Waals surface area contributed by atoms with Crippen LogP contribution in [0.5, 0.6) is 0 Å². The van der Waals surface area contributed by atoms with Crippen LogP contribution >= 0.6 is 22.9 Å². The summed E-state index contributed by atoms with van der Waals surface area (Å²) in [5.41, 5.74) is 3.26. The number of anilines is 1. The van der Waals surface area contributed by atoms with Gasteiger partial charge in [0.15, 0.2) is 0 Å². The fourth-order valence-corrected chi connectivity index (χ4v) is 5.14. The number of hydrogen-bond donors (Lipinski definition) is 1. The first kappa shape index (κ1) is 23.4. The Balaban J connectivity index is 1.35. The number of nitrogens with zero attached hydrogens (tertiary/aromatic N) is 2. The quantitative estimate of drug-likeness (QED) is 0.497. The Bertz CT molecular complexity index is 1110. The molecule has 2 aromatic carbocycles. The van der Waals surface area contributed by atoms with Crippen molar-refractivity contribution in [2.24, 2.45) is 0 Å². The van der Waals surface area contributed by atoms with Gasteiger partial charge in [0.05, 0.1) is 13.7 Å². The lowest BCUT2D eigenvalue weighted by Gasteiger charge is -2.34. The molecule has 8 heteroatoms. The van der Waals surface area contributed by atoms with E-state index in [1.54, 1.807) is 0 Å². The van der Waals surface area contributed by atoms with Gasteiger partial charge in [0.2, 0.25) is 5.91 Å². The molecular weight excluding hydrogens is 458 g/mol. The third-order valence-corrected chi connectivity index (χ3v) is 6.78. The lowest BCUT2D eigenvalue weighted by Crippen LogP contribution is -2.48. The average molecular weight is 484 g/mol. The zero-order valence-electron chi connectivity index (χ0n) is 18.4. The van der Waals surface area contributed by atoms with Crippen molar-refractivity contribution in [3.8, 4) is 11.1 Å². The van der Waals surface area contributed by atoms with E-state index in [1.165, 1.54) is 24.0 Å². The Kier molecular flexibility index (Phi) is 7.77. The van der Waals surface area contributed by atoms with Crippen molar-refractivity contribution in [3.05, 3.63) is 76.1 Å². The normalized spacial score (nSPS) is 14.7. The molecule has 0 atom stereocenters. The molecule has 0 bridgehead atoms. The summed E-state index contributed by atoms with van der Waals surface area (Å²) in [5.74, 6) is -0.593. The summed E-state index contributed by atoms with van der Waals surface area (Å²) in [6.07, 6.45) is 0. The number of ether oxygens (including phenoxy) is 1. The zero-order valence-corrected chi connectivity index (χ0v) is 20.0. The van der Waals surface area contributed by atoms with Crippen molar-refractivity contribution in [2.75, 3.05) is 45.2 Å². The van der Waals surface area contributed by atoms with Gasteiger partial charge in [-0.3, -0.25) is 14.6 Å². The predicted molar refractivity (Wildman–Crippen MR) is 133 cm³/mol. The Morgan fingerprint density at radius 2 is 1.76 bits per heavy atom. The minimum absolute atomic E-state index is 0.134. The maximum Gasteiger partial charge on any atom is 0.341 e. The van der Waals surface area contributed by atoms with Crippen molar-refractivity contribution >= 4 is 39.8 Å². The molecule has 2 heterocycles. The van der Waals surface area contributed by atoms with E-state index in [-0.39, 0.29) is 12.5 Å². The molecule has 3 aromatic rings. The maximum atomic E-state index is 12.8. The number of nitrogens with one attached hydrogen (secondary N) is 1. The van der Waals surface area contributed by atoms with Crippen molar-refractivity contribution < 1.29 is 14.3 Å². The smallest absolute Gasteiger partial charge is 0.341 e. The first-order valence-corrected chi connectivity index (χ1v) is 12.0. The van der Waals surface area contributed by atoms with E-state index in [0.29, 0.717) is 10.6 Å². The van der Waals surface area contributed by atoms with E-state index in [1.807, 2.05) is 53.9 Å². The molecule has 1 aliphatic rings. The summed E-state index contributed by atoms with van der Waals surface area (Å²) in [4.78, 5) is 29.7. The molecule has 0 saturated carbocycles. The number of hydrogen-bond acceptors (Lipinski definition) is 6. The van der Waals surface area contributed by atoms with Crippen molar-refractivity contribution in [1.29, 1.82) is 0 Å². The van der Waals surface area contributed by atoms with Crippen LogP contribution in [-0.4, -0.2) is 61.5 Å². The molecule has 1 aliphatic heterocycles. The number of carbonyl (C=O) groups is 2. The molecule has 1 amide bonds. The van der Waals surface area contributed by atoms with E-state index in [4.69, 9.17) is 16.3 Å². The van der Waals surface area contributed by atoms with Gasteiger partial charge in [-0.25, -0.2) is 4.79 Å². The number of rotatable bonds is 7. The Morgan fingerprint density at radius 3 is 2.45 bits per heavy atom. The molecular formula is C25H26ClN3O3S. The van der Waals surface area contributed by atoms with Crippen LogP contribution in [0.25, 0.3) is 11.1 Å². The average Bonchev–Trinajstić information content (AvgIpc) is 3.24. The predicted octanol–water partition coefficient (Wildman–Crippen LogP) is 4.61. The van der Waals surface area contributed by atoms with Gasteiger partial charge >= 0.3 is 5.97 Å². The Labute approximate surface area is 202 Å². The van der Waals surface area contributed by atoms with Gasteiger partial charge < -0.3 is 10.1 Å². The number of halogens is 1. The van der Waals surface area contributed by atoms with Crippen LogP contribution in [0.1, 0.15) is 15.9 Å². The number of piperazine rings is 1. The van der Waals surface area contributed by atoms with Gasteiger partial charge in [-0.2, -0.15) is 0 Å². The topological polar surface area (TPSA) is 61.9 Å². The number of thiophene rings is 1. The number of amides is 1. The highest BCUT2D eigenvalue weighted by atomic mass is 35.5. The SMILES string of the molecule is COC(=O)c1c(-c2ccccc2)csc1NC(=O)CN1CCN(Cc2cccc(Cl)c2)CC1. The Morgan fingerprint density at radius 1 is 1.03 bits per heavy atom. The van der Waals surface area contributed by atoms with Crippen LogP contribution in [0.15, 0.2) is 60.0 Å². The van der Waals surface area contributed by atoms with Gasteiger partial charge in [0, 0.05) is 48.7 Å². The summed E-state index contributed by atoms with van der Waals surface area (Å²) >= 11 is 7.42. The maximum absolute atomic E-state index is 12.8. The zero-order chi connectivity index (χ0) is 23.2. The number of methoxy groups -OCH3 is 1. The Hall–Kier alpha value is -2.71. The fourth-order valence-electron chi connectivity index (χ4n) is 3.95. The largest absolute Gasteiger partial charge is 0.465 e. The van der Waals surface area contributed by atoms with Crippen molar-refractivity contribution in [1.82, 2.24) is 9.80 Å². The van der Waals surface area contributed by atoms with E-state index >= 15 is 0 Å². The van der Waals surface area contributed by atoms with Gasteiger partial charge in [0.25, 0.3) is 0 Å². The highest BCUT2D eigenvalue weighted by Crippen LogP contribution is 2.36. The molecule has 0 spiro atoms. The van der Waals surface area contributed by atoms with E-state index in [0.717, 1.165) is 48.9 Å². The molecule has 6 nitrogen and oxygen atoms in total. The number of carbonyl (C=O) groups excluding carboxylic acids is 2. The molecule has 172 valence electrons. The fraction of sp³-hybridized carbons (Fsp3) is 0.280. The molecule has 1 aromatic heterocycles. The number of benzene rings is 2. The molecule has 0 radical (unpaired) electrons. The van der Waals surface area contributed by atoms with Crippen LogP contribution in [-0.2, 0) is 16.1 Å². The molecule has 33 heavy (non-hydrogen) atoms. The van der Waals surface area contributed by atoms with Crippen LogP contribution in [0.2, 0.25) is 5.02 Å². The second-order valence-corrected chi connectivity index (χ2v) is 9.26. The molecule has 1 saturated heterocycles. The molecule has 4 rings (SSSR count). The standard InChI is InChI=1S/C25H26ClN3O3S/c1-32-25(31)23-21(19-7-3-2-4-8-19)17-33-24(23)27-22(30)16-29-12-10-28(11-13-29)15-18-6-5-9-20(26)14-18/h2-9,14,17H,10-13,15-16H2,1H3,(H,27,30). The first-order chi connectivity index (χ1) is 16.0. The second kappa shape index (κ2) is 10.9. The van der Waals surface area contributed by atoms with Gasteiger partial charge in [-0.15, -0.1) is 11.3 Å². The minimum atomic E-state index is -0.458. The van der Waals surface area contributed by atoms with Crippen LogP contribution < -0.4 is 5.32 Å². The van der Waals surface area contributed by atoms with E-state index in [9.17, 15) is 9.59 Å². The summed E-state index contributed by atoms with van der Waals surface area (Å²) < 4.78 is 4.99. The third kappa shape index (κ3) is 6.00. The first-order valence-electron chi connectivity index (χ1n) is 10.8. The summed E-state index contributed by atoms with van der Waals surface area (Å²) in [6.45, 7) is 4.49. The minimum Gasteiger partial charge on any atom is -0.465 e.